The van der Waals surface area contributed by atoms with Crippen LogP contribution in [0.3, 0.4) is 0 Å². The summed E-state index contributed by atoms with van der Waals surface area (Å²) in [5.74, 6) is 0. The number of rotatable bonds is 2. The number of hydrogen-bond acceptors (Lipinski definition) is 2. The molecule has 0 bridgehead atoms. The second-order valence-electron chi connectivity index (χ2n) is 2.51. The maximum atomic E-state index is 4.29. The second-order valence-corrected chi connectivity index (χ2v) is 3.33. The van der Waals surface area contributed by atoms with Crippen molar-refractivity contribution in [3.05, 3.63) is 23.4 Å². The number of nitrogens with zero attached hydrogens (tertiary/aromatic N) is 1. The van der Waals surface area contributed by atoms with Crippen LogP contribution in [0.1, 0.15) is 18.1 Å². The molecule has 12 heavy (non-hydrogen) atoms. The average molecular weight is 185 g/mol. The Hall–Kier alpha value is -0.540. The Kier molecular flexibility index (Phi) is 4.93. The van der Waals surface area contributed by atoms with E-state index in [1.165, 1.54) is 11.1 Å². The molecular weight excluding hydrogens is 170 g/mol. The second kappa shape index (κ2) is 5.17. The van der Waals surface area contributed by atoms with E-state index in [0.29, 0.717) is 0 Å². The summed E-state index contributed by atoms with van der Waals surface area (Å²) >= 11 is 1.69. The van der Waals surface area contributed by atoms with E-state index in [1.54, 1.807) is 11.8 Å². The van der Waals surface area contributed by atoms with Crippen molar-refractivity contribution in [2.45, 2.75) is 25.3 Å². The molecule has 0 aliphatic heterocycles. The minimum absolute atomic E-state index is 0. The third-order valence-electron chi connectivity index (χ3n) is 1.78. The van der Waals surface area contributed by atoms with E-state index in [1.807, 2.05) is 12.5 Å². The van der Waals surface area contributed by atoms with Crippen LogP contribution < -0.4 is 0 Å². The molecule has 0 radical (unpaired) electrons. The first-order valence-electron chi connectivity index (χ1n) is 3.77. The predicted octanol–water partition coefficient (Wildman–Crippen LogP) is 1.85. The molecule has 0 saturated carbocycles. The highest BCUT2D eigenvalue weighted by molar-refractivity contribution is 7.98. The summed E-state index contributed by atoms with van der Waals surface area (Å²) in [6.45, 7) is 4.29. The quantitative estimate of drug-likeness (QED) is 0.660. The third kappa shape index (κ3) is 2.50. The molecule has 0 saturated heterocycles. The summed E-state index contributed by atoms with van der Waals surface area (Å²) in [6.07, 6.45) is 5.10. The molecule has 1 rings (SSSR count). The first-order valence-corrected chi connectivity index (χ1v) is 5.00. The van der Waals surface area contributed by atoms with Crippen molar-refractivity contribution in [3.8, 4) is 0 Å². The van der Waals surface area contributed by atoms with E-state index in [-0.39, 0.29) is 5.48 Å². The molecule has 0 unspecified atom stereocenters. The van der Waals surface area contributed by atoms with Crippen LogP contribution in [0.25, 0.3) is 0 Å². The van der Waals surface area contributed by atoms with E-state index in [0.717, 1.165) is 11.4 Å². The molecule has 0 fully saturated rings. The van der Waals surface area contributed by atoms with Gasteiger partial charge in [0.05, 0.1) is 5.03 Å². The summed E-state index contributed by atoms with van der Waals surface area (Å²) in [5.41, 5.74) is 2.70. The summed E-state index contributed by atoms with van der Waals surface area (Å²) in [5, 5.41) is 1.11. The van der Waals surface area contributed by atoms with Crippen molar-refractivity contribution in [2.75, 3.05) is 6.26 Å². The average Bonchev–Trinajstić information content (AvgIpc) is 2.04. The molecule has 0 aliphatic carbocycles. The Morgan fingerprint density at radius 3 is 2.58 bits per heavy atom. The maximum Gasteiger partial charge on any atom is 0.0959 e. The van der Waals surface area contributed by atoms with Gasteiger partial charge in [0.2, 0.25) is 0 Å². The molecule has 1 aromatic heterocycles. The molecule has 1 aromatic rings. The Balaban J connectivity index is 0.00000121. The van der Waals surface area contributed by atoms with Gasteiger partial charge in [0.25, 0.3) is 0 Å². The molecule has 2 N–H and O–H groups in total. The van der Waals surface area contributed by atoms with Crippen LogP contribution in [0.15, 0.2) is 17.3 Å². The summed E-state index contributed by atoms with van der Waals surface area (Å²) < 4.78 is 0. The monoisotopic (exact) mass is 185 g/mol. The third-order valence-corrected chi connectivity index (χ3v) is 2.43. The molecule has 2 nitrogen and oxygen atoms in total. The molecule has 1 heterocycles. The van der Waals surface area contributed by atoms with Crippen molar-refractivity contribution in [1.82, 2.24) is 4.98 Å². The number of aromatic nitrogens is 1. The minimum Gasteiger partial charge on any atom is -0.412 e. The van der Waals surface area contributed by atoms with Gasteiger partial charge >= 0.3 is 0 Å². The van der Waals surface area contributed by atoms with Crippen LogP contribution in [0.5, 0.6) is 0 Å². The Morgan fingerprint density at radius 2 is 2.17 bits per heavy atom. The lowest BCUT2D eigenvalue weighted by atomic mass is 10.1. The van der Waals surface area contributed by atoms with Gasteiger partial charge in [-0.05, 0) is 36.8 Å². The standard InChI is InChI=1S/C9H13NS.H2O/c1-4-8-6-10-9(11-3)5-7(8)2;/h5-6H,4H2,1-3H3;1H2. The van der Waals surface area contributed by atoms with Crippen molar-refractivity contribution < 1.29 is 5.48 Å². The zero-order valence-electron chi connectivity index (χ0n) is 7.72. The molecule has 0 spiro atoms. The molecule has 0 amide bonds. The highest BCUT2D eigenvalue weighted by Gasteiger charge is 1.97. The van der Waals surface area contributed by atoms with Crippen LogP contribution in [0.2, 0.25) is 0 Å². The SMILES string of the molecule is CCc1cnc(SC)cc1C.O. The van der Waals surface area contributed by atoms with Gasteiger partial charge in [0, 0.05) is 6.20 Å². The topological polar surface area (TPSA) is 44.4 Å². The van der Waals surface area contributed by atoms with E-state index in [4.69, 9.17) is 0 Å². The lowest BCUT2D eigenvalue weighted by Crippen LogP contribution is -1.89. The van der Waals surface area contributed by atoms with Crippen LogP contribution in [-0.4, -0.2) is 16.7 Å². The predicted molar refractivity (Wildman–Crippen MR) is 53.7 cm³/mol. The molecular formula is C9H15NOS. The van der Waals surface area contributed by atoms with Gasteiger partial charge in [-0.15, -0.1) is 11.8 Å². The van der Waals surface area contributed by atoms with Gasteiger partial charge < -0.3 is 5.48 Å². The highest BCUT2D eigenvalue weighted by atomic mass is 32.2. The van der Waals surface area contributed by atoms with E-state index >= 15 is 0 Å². The zero-order valence-corrected chi connectivity index (χ0v) is 8.53. The molecule has 3 heteroatoms. The maximum absolute atomic E-state index is 4.29. The van der Waals surface area contributed by atoms with Crippen molar-refractivity contribution in [3.63, 3.8) is 0 Å². The van der Waals surface area contributed by atoms with Crippen LogP contribution in [0, 0.1) is 6.92 Å². The van der Waals surface area contributed by atoms with Gasteiger partial charge in [-0.1, -0.05) is 6.92 Å². The largest absolute Gasteiger partial charge is 0.412 e. The fourth-order valence-electron chi connectivity index (χ4n) is 1.04. The zero-order chi connectivity index (χ0) is 8.27. The molecule has 0 aromatic carbocycles. The smallest absolute Gasteiger partial charge is 0.0959 e. The van der Waals surface area contributed by atoms with E-state index in [9.17, 15) is 0 Å². The highest BCUT2D eigenvalue weighted by Crippen LogP contribution is 2.15. The fourth-order valence-corrected chi connectivity index (χ4v) is 1.49. The first kappa shape index (κ1) is 11.5. The van der Waals surface area contributed by atoms with Crippen LogP contribution in [-0.2, 0) is 6.42 Å². The lowest BCUT2D eigenvalue weighted by molar-refractivity contribution is 0.824. The van der Waals surface area contributed by atoms with Crippen molar-refractivity contribution in [1.29, 1.82) is 0 Å². The summed E-state index contributed by atoms with van der Waals surface area (Å²) in [4.78, 5) is 4.29. The normalized spacial score (nSPS) is 9.25. The molecule has 0 aliphatic rings. The Labute approximate surface area is 77.7 Å². The summed E-state index contributed by atoms with van der Waals surface area (Å²) in [6, 6.07) is 2.14. The number of thioether (sulfide) groups is 1. The molecule has 68 valence electrons. The number of hydrogen-bond donors (Lipinski definition) is 0. The first-order chi connectivity index (χ1) is 5.27. The number of aryl methyl sites for hydroxylation is 2. The van der Waals surface area contributed by atoms with Crippen molar-refractivity contribution in [2.24, 2.45) is 0 Å². The van der Waals surface area contributed by atoms with E-state index < -0.39 is 0 Å². The summed E-state index contributed by atoms with van der Waals surface area (Å²) in [7, 11) is 0. The Morgan fingerprint density at radius 1 is 1.50 bits per heavy atom. The van der Waals surface area contributed by atoms with Gasteiger partial charge in [0.1, 0.15) is 0 Å². The van der Waals surface area contributed by atoms with Gasteiger partial charge in [-0.2, -0.15) is 0 Å². The van der Waals surface area contributed by atoms with Crippen molar-refractivity contribution >= 4 is 11.8 Å². The van der Waals surface area contributed by atoms with Crippen LogP contribution in [0.4, 0.5) is 0 Å². The molecule has 0 atom stereocenters. The lowest BCUT2D eigenvalue weighted by Gasteiger charge is -2.02. The van der Waals surface area contributed by atoms with Gasteiger partial charge in [0.15, 0.2) is 0 Å². The van der Waals surface area contributed by atoms with E-state index in [2.05, 4.69) is 24.9 Å². The minimum atomic E-state index is 0. The van der Waals surface area contributed by atoms with Gasteiger partial charge in [-0.3, -0.25) is 0 Å². The fraction of sp³-hybridized carbons (Fsp3) is 0.444. The van der Waals surface area contributed by atoms with Gasteiger partial charge in [-0.25, -0.2) is 4.98 Å². The van der Waals surface area contributed by atoms with Crippen LogP contribution >= 0.6 is 11.8 Å². The Bertz CT molecular complexity index is 250. The number of pyridine rings is 1.